The molecule has 126 valence electrons. The lowest BCUT2D eigenvalue weighted by Crippen LogP contribution is -2.46. The third kappa shape index (κ3) is 4.76. The van der Waals surface area contributed by atoms with E-state index in [0.717, 1.165) is 0 Å². The average molecular weight is 341 g/mol. The minimum absolute atomic E-state index is 0.0319. The highest BCUT2D eigenvalue weighted by Gasteiger charge is 2.25. The largest absolute Gasteiger partial charge is 0.496 e. The molecule has 0 bridgehead atoms. The number of carbonyl (C=O) groups is 2. The van der Waals surface area contributed by atoms with Crippen molar-refractivity contribution in [1.82, 2.24) is 10.2 Å². The second-order valence-corrected chi connectivity index (χ2v) is 5.62. The van der Waals surface area contributed by atoms with E-state index >= 15 is 0 Å². The van der Waals surface area contributed by atoms with Gasteiger partial charge in [-0.2, -0.15) is 0 Å². The van der Waals surface area contributed by atoms with Gasteiger partial charge in [0.1, 0.15) is 12.4 Å². The number of carbonyl (C=O) groups excluding carboxylic acids is 2. The van der Waals surface area contributed by atoms with Gasteiger partial charge in [-0.05, 0) is 25.0 Å². The number of hydrogen-bond acceptors (Lipinski definition) is 4. The lowest BCUT2D eigenvalue weighted by molar-refractivity contribution is 0.0860. The Morgan fingerprint density at radius 2 is 2.00 bits per heavy atom. The highest BCUT2D eigenvalue weighted by atomic mass is 35.5. The Morgan fingerprint density at radius 3 is 2.65 bits per heavy atom. The zero-order chi connectivity index (χ0) is 16.7. The summed E-state index contributed by atoms with van der Waals surface area (Å²) in [6, 6.07) is 7.13. The maximum Gasteiger partial charge on any atom is 0.409 e. The standard InChI is InChI=1S/C16H21ClN2O4/c1-22-14-5-3-2-4-13(14)15(20)18-12-6-9-19(10-7-12)16(21)23-11-8-17/h2-5,12H,6-11H2,1H3,(H,18,20). The van der Waals surface area contributed by atoms with Crippen LogP contribution in [0.1, 0.15) is 23.2 Å². The molecule has 1 aliphatic rings. The predicted molar refractivity (Wildman–Crippen MR) is 87.1 cm³/mol. The number of piperidine rings is 1. The molecule has 6 nitrogen and oxygen atoms in total. The van der Waals surface area contributed by atoms with Crippen LogP contribution in [0.15, 0.2) is 24.3 Å². The maximum absolute atomic E-state index is 12.3. The topological polar surface area (TPSA) is 67.9 Å². The van der Waals surface area contributed by atoms with E-state index in [1.54, 1.807) is 23.1 Å². The molecule has 0 saturated carbocycles. The van der Waals surface area contributed by atoms with E-state index in [4.69, 9.17) is 21.1 Å². The van der Waals surface area contributed by atoms with E-state index in [9.17, 15) is 9.59 Å². The molecule has 7 heteroatoms. The summed E-state index contributed by atoms with van der Waals surface area (Å²) in [6.07, 6.45) is 1.04. The van der Waals surface area contributed by atoms with Crippen molar-refractivity contribution in [3.8, 4) is 5.75 Å². The Labute approximate surface area is 140 Å². The van der Waals surface area contributed by atoms with Crippen molar-refractivity contribution in [2.75, 3.05) is 32.7 Å². The molecule has 1 aliphatic heterocycles. The summed E-state index contributed by atoms with van der Waals surface area (Å²) in [7, 11) is 1.54. The monoisotopic (exact) mass is 340 g/mol. The van der Waals surface area contributed by atoms with E-state index in [1.807, 2.05) is 6.07 Å². The van der Waals surface area contributed by atoms with Crippen LogP contribution in [0.3, 0.4) is 0 Å². The zero-order valence-electron chi connectivity index (χ0n) is 13.1. The number of halogens is 1. The lowest BCUT2D eigenvalue weighted by Gasteiger charge is -2.31. The smallest absolute Gasteiger partial charge is 0.409 e. The van der Waals surface area contributed by atoms with Crippen molar-refractivity contribution < 1.29 is 19.1 Å². The van der Waals surface area contributed by atoms with Gasteiger partial charge in [-0.15, -0.1) is 11.6 Å². The van der Waals surface area contributed by atoms with E-state index in [1.165, 1.54) is 7.11 Å². The van der Waals surface area contributed by atoms with E-state index < -0.39 is 0 Å². The van der Waals surface area contributed by atoms with Crippen LogP contribution in [0, 0.1) is 0 Å². The summed E-state index contributed by atoms with van der Waals surface area (Å²) in [4.78, 5) is 25.7. The molecule has 0 spiro atoms. The predicted octanol–water partition coefficient (Wildman–Crippen LogP) is 2.26. The third-order valence-corrected chi connectivity index (χ3v) is 3.90. The first kappa shape index (κ1) is 17.4. The van der Waals surface area contributed by atoms with Gasteiger partial charge >= 0.3 is 6.09 Å². The Balaban J connectivity index is 1.84. The van der Waals surface area contributed by atoms with Crippen LogP contribution in [0.5, 0.6) is 5.75 Å². The van der Waals surface area contributed by atoms with Crippen LogP contribution < -0.4 is 10.1 Å². The maximum atomic E-state index is 12.3. The first-order valence-electron chi connectivity index (χ1n) is 7.57. The Bertz CT molecular complexity index is 545. The molecule has 2 rings (SSSR count). The number of ether oxygens (including phenoxy) is 2. The first-order chi connectivity index (χ1) is 11.2. The molecule has 0 aromatic heterocycles. The molecule has 0 atom stereocenters. The number of likely N-dealkylation sites (tertiary alicyclic amines) is 1. The number of nitrogens with zero attached hydrogens (tertiary/aromatic N) is 1. The summed E-state index contributed by atoms with van der Waals surface area (Å²) in [5.41, 5.74) is 0.513. The fourth-order valence-corrected chi connectivity index (χ4v) is 2.60. The molecule has 1 aromatic rings. The van der Waals surface area contributed by atoms with Crippen LogP contribution >= 0.6 is 11.6 Å². The number of alkyl halides is 1. The highest BCUT2D eigenvalue weighted by Crippen LogP contribution is 2.18. The van der Waals surface area contributed by atoms with Gasteiger partial charge in [-0.25, -0.2) is 4.79 Å². The number of rotatable bonds is 5. The summed E-state index contributed by atoms with van der Waals surface area (Å²) < 4.78 is 10.2. The normalized spacial score (nSPS) is 15.1. The number of para-hydroxylation sites is 1. The van der Waals surface area contributed by atoms with Gasteiger partial charge in [0.15, 0.2) is 0 Å². The molecule has 23 heavy (non-hydrogen) atoms. The van der Waals surface area contributed by atoms with Gasteiger partial charge in [0.05, 0.1) is 18.6 Å². The molecule has 2 amide bonds. The van der Waals surface area contributed by atoms with Crippen LogP contribution in [-0.2, 0) is 4.74 Å². The molecule has 0 unspecified atom stereocenters. The van der Waals surface area contributed by atoms with Gasteiger partial charge in [-0.3, -0.25) is 4.79 Å². The van der Waals surface area contributed by atoms with Crippen molar-refractivity contribution >= 4 is 23.6 Å². The second kappa shape index (κ2) is 8.62. The van der Waals surface area contributed by atoms with E-state index in [0.29, 0.717) is 37.2 Å². The summed E-state index contributed by atoms with van der Waals surface area (Å²) in [5, 5.41) is 2.99. The lowest BCUT2D eigenvalue weighted by atomic mass is 10.0. The van der Waals surface area contributed by atoms with E-state index in [-0.39, 0.29) is 30.5 Å². The van der Waals surface area contributed by atoms with Crippen molar-refractivity contribution in [3.05, 3.63) is 29.8 Å². The van der Waals surface area contributed by atoms with Crippen LogP contribution in [0.25, 0.3) is 0 Å². The number of nitrogens with one attached hydrogen (secondary N) is 1. The Morgan fingerprint density at radius 1 is 1.30 bits per heavy atom. The third-order valence-electron chi connectivity index (χ3n) is 3.74. The fraction of sp³-hybridized carbons (Fsp3) is 0.500. The van der Waals surface area contributed by atoms with E-state index in [2.05, 4.69) is 5.32 Å². The summed E-state index contributed by atoms with van der Waals surface area (Å²) >= 11 is 5.49. The minimum atomic E-state index is -0.347. The molecular formula is C16H21ClN2O4. The van der Waals surface area contributed by atoms with Gasteiger partial charge < -0.3 is 19.7 Å². The molecule has 1 saturated heterocycles. The number of amides is 2. The molecule has 1 N–H and O–H groups in total. The average Bonchev–Trinajstić information content (AvgIpc) is 2.60. The quantitative estimate of drug-likeness (QED) is 0.835. The number of hydrogen-bond donors (Lipinski definition) is 1. The van der Waals surface area contributed by atoms with Crippen LogP contribution in [0.2, 0.25) is 0 Å². The fourth-order valence-electron chi connectivity index (χ4n) is 2.52. The summed E-state index contributed by atoms with van der Waals surface area (Å²) in [5.74, 6) is 0.676. The molecular weight excluding hydrogens is 320 g/mol. The van der Waals surface area contributed by atoms with Gasteiger partial charge in [0.25, 0.3) is 5.91 Å². The molecule has 1 heterocycles. The van der Waals surface area contributed by atoms with Gasteiger partial charge in [0, 0.05) is 19.1 Å². The molecule has 0 aliphatic carbocycles. The number of methoxy groups -OCH3 is 1. The Kier molecular flexibility index (Phi) is 6.52. The molecule has 1 fully saturated rings. The highest BCUT2D eigenvalue weighted by molar-refractivity contribution is 6.18. The SMILES string of the molecule is COc1ccccc1C(=O)NC1CCN(C(=O)OCCCl)CC1. The van der Waals surface area contributed by atoms with Crippen molar-refractivity contribution in [3.63, 3.8) is 0 Å². The first-order valence-corrected chi connectivity index (χ1v) is 8.10. The van der Waals surface area contributed by atoms with Crippen LogP contribution in [-0.4, -0.2) is 55.6 Å². The summed E-state index contributed by atoms with van der Waals surface area (Å²) in [6.45, 7) is 1.32. The minimum Gasteiger partial charge on any atom is -0.496 e. The van der Waals surface area contributed by atoms with Crippen molar-refractivity contribution in [2.45, 2.75) is 18.9 Å². The van der Waals surface area contributed by atoms with Crippen molar-refractivity contribution in [2.24, 2.45) is 0 Å². The molecule has 0 radical (unpaired) electrons. The molecule has 1 aromatic carbocycles. The number of benzene rings is 1. The second-order valence-electron chi connectivity index (χ2n) is 5.24. The van der Waals surface area contributed by atoms with Gasteiger partial charge in [0.2, 0.25) is 0 Å². The van der Waals surface area contributed by atoms with Crippen LogP contribution in [0.4, 0.5) is 4.79 Å². The van der Waals surface area contributed by atoms with Crippen molar-refractivity contribution in [1.29, 1.82) is 0 Å². The zero-order valence-corrected chi connectivity index (χ0v) is 13.8. The Hall–Kier alpha value is -1.95. The van der Waals surface area contributed by atoms with Gasteiger partial charge in [-0.1, -0.05) is 12.1 Å².